The summed E-state index contributed by atoms with van der Waals surface area (Å²) in [5.74, 6) is -1.21. The number of ether oxygens (including phenoxy) is 1. The fourth-order valence-corrected chi connectivity index (χ4v) is 0.804. The molecule has 5 heteroatoms. The van der Waals surface area contributed by atoms with Crippen molar-refractivity contribution in [3.8, 4) is 0 Å². The van der Waals surface area contributed by atoms with E-state index in [0.29, 0.717) is 6.42 Å². The van der Waals surface area contributed by atoms with Gasteiger partial charge in [-0.05, 0) is 18.6 Å². The second kappa shape index (κ2) is 6.81. The van der Waals surface area contributed by atoms with Gasteiger partial charge in [-0.25, -0.2) is 4.79 Å². The van der Waals surface area contributed by atoms with Crippen LogP contribution < -0.4 is 0 Å². The molecule has 0 aliphatic carbocycles. The molecular formula is C9H11NaO4. The predicted molar refractivity (Wildman–Crippen MR) is 51.2 cm³/mol. The molecule has 0 saturated carbocycles. The van der Waals surface area contributed by atoms with Crippen LogP contribution in [0.15, 0.2) is 22.8 Å². The molecule has 0 saturated heterocycles. The van der Waals surface area contributed by atoms with Crippen molar-refractivity contribution in [2.45, 2.75) is 19.8 Å². The van der Waals surface area contributed by atoms with Crippen LogP contribution in [0.2, 0.25) is 0 Å². The second-order valence-electron chi connectivity index (χ2n) is 2.49. The number of esters is 2. The molecular weight excluding hydrogens is 195 g/mol. The van der Waals surface area contributed by atoms with Gasteiger partial charge in [-0.15, -0.1) is 0 Å². The van der Waals surface area contributed by atoms with Gasteiger partial charge in [-0.3, -0.25) is 4.79 Å². The number of carbonyl (C=O) groups excluding carboxylic acids is 2. The van der Waals surface area contributed by atoms with Crippen molar-refractivity contribution in [2.24, 2.45) is 0 Å². The SMILES string of the molecule is CCCC(=O)OC(=O)c1ccco1.[NaH]. The summed E-state index contributed by atoms with van der Waals surface area (Å²) in [6, 6.07) is 3.00. The topological polar surface area (TPSA) is 56.5 Å². The van der Waals surface area contributed by atoms with Gasteiger partial charge < -0.3 is 9.15 Å². The molecule has 1 heterocycles. The summed E-state index contributed by atoms with van der Waals surface area (Å²) in [7, 11) is 0. The molecule has 72 valence electrons. The van der Waals surface area contributed by atoms with Crippen LogP contribution in [0, 0.1) is 0 Å². The van der Waals surface area contributed by atoms with E-state index in [0.717, 1.165) is 0 Å². The third kappa shape index (κ3) is 4.09. The Morgan fingerprint density at radius 2 is 2.21 bits per heavy atom. The van der Waals surface area contributed by atoms with Crippen LogP contribution in [0.5, 0.6) is 0 Å². The Labute approximate surface area is 104 Å². The molecule has 0 N–H and O–H groups in total. The van der Waals surface area contributed by atoms with E-state index in [1.807, 2.05) is 6.92 Å². The summed E-state index contributed by atoms with van der Waals surface area (Å²) in [6.45, 7) is 1.83. The van der Waals surface area contributed by atoms with Gasteiger partial charge in [-0.2, -0.15) is 0 Å². The maximum absolute atomic E-state index is 11.1. The van der Waals surface area contributed by atoms with E-state index in [9.17, 15) is 9.59 Å². The minimum atomic E-state index is -0.733. The number of hydrogen-bond acceptors (Lipinski definition) is 4. The van der Waals surface area contributed by atoms with E-state index >= 15 is 0 Å². The Hall–Kier alpha value is -0.580. The predicted octanol–water partition coefficient (Wildman–Crippen LogP) is 1.11. The fourth-order valence-electron chi connectivity index (χ4n) is 0.804. The number of hydrogen-bond donors (Lipinski definition) is 0. The first-order valence-electron chi connectivity index (χ1n) is 4.02. The molecule has 0 aliphatic rings. The van der Waals surface area contributed by atoms with E-state index in [-0.39, 0.29) is 41.7 Å². The number of carbonyl (C=O) groups is 2. The van der Waals surface area contributed by atoms with E-state index in [4.69, 9.17) is 4.42 Å². The molecule has 0 amide bonds. The van der Waals surface area contributed by atoms with Crippen LogP contribution in [-0.2, 0) is 9.53 Å². The molecule has 0 aromatic carbocycles. The van der Waals surface area contributed by atoms with E-state index < -0.39 is 11.9 Å². The Kier molecular flexibility index (Phi) is 6.53. The Morgan fingerprint density at radius 3 is 2.71 bits per heavy atom. The number of furan rings is 1. The van der Waals surface area contributed by atoms with Crippen LogP contribution in [0.25, 0.3) is 0 Å². The molecule has 1 aromatic rings. The van der Waals surface area contributed by atoms with Gasteiger partial charge in [0.25, 0.3) is 0 Å². The molecule has 0 fully saturated rings. The summed E-state index contributed by atoms with van der Waals surface area (Å²) in [5, 5.41) is 0. The molecule has 0 radical (unpaired) electrons. The summed E-state index contributed by atoms with van der Waals surface area (Å²) >= 11 is 0. The van der Waals surface area contributed by atoms with Crippen molar-refractivity contribution in [3.05, 3.63) is 24.2 Å². The van der Waals surface area contributed by atoms with Crippen LogP contribution in [-0.4, -0.2) is 41.5 Å². The summed E-state index contributed by atoms with van der Waals surface area (Å²) in [4.78, 5) is 21.9. The van der Waals surface area contributed by atoms with E-state index in [2.05, 4.69) is 4.74 Å². The van der Waals surface area contributed by atoms with Gasteiger partial charge in [-0.1, -0.05) is 6.92 Å². The summed E-state index contributed by atoms with van der Waals surface area (Å²) in [6.07, 6.45) is 2.25. The molecule has 0 spiro atoms. The van der Waals surface area contributed by atoms with E-state index in [1.54, 1.807) is 6.07 Å². The van der Waals surface area contributed by atoms with Gasteiger partial charge >= 0.3 is 41.5 Å². The van der Waals surface area contributed by atoms with Gasteiger partial charge in [0.15, 0.2) is 0 Å². The molecule has 1 aromatic heterocycles. The molecule has 14 heavy (non-hydrogen) atoms. The van der Waals surface area contributed by atoms with Gasteiger partial charge in [0.1, 0.15) is 0 Å². The van der Waals surface area contributed by atoms with Crippen molar-refractivity contribution in [3.63, 3.8) is 0 Å². The molecule has 0 atom stereocenters. The third-order valence-corrected chi connectivity index (χ3v) is 1.38. The minimum absolute atomic E-state index is 0. The third-order valence-electron chi connectivity index (χ3n) is 1.38. The van der Waals surface area contributed by atoms with Crippen molar-refractivity contribution < 1.29 is 18.7 Å². The zero-order chi connectivity index (χ0) is 9.68. The normalized spacial score (nSPS) is 8.93. The van der Waals surface area contributed by atoms with Gasteiger partial charge in [0.2, 0.25) is 5.76 Å². The molecule has 0 aliphatic heterocycles. The number of rotatable bonds is 3. The van der Waals surface area contributed by atoms with Gasteiger partial charge in [0, 0.05) is 6.42 Å². The average Bonchev–Trinajstić information content (AvgIpc) is 2.55. The zero-order valence-electron chi connectivity index (χ0n) is 7.28. The molecule has 0 unspecified atom stereocenters. The average molecular weight is 206 g/mol. The van der Waals surface area contributed by atoms with Crippen molar-refractivity contribution >= 4 is 41.5 Å². The van der Waals surface area contributed by atoms with Gasteiger partial charge in [0.05, 0.1) is 6.26 Å². The quantitative estimate of drug-likeness (QED) is 0.422. The second-order valence-corrected chi connectivity index (χ2v) is 2.49. The standard InChI is InChI=1S/C9H10O4.Na.H/c1-2-4-8(10)13-9(11)7-5-3-6-12-7;;/h3,5-6H,2,4H2,1H3;;. The first kappa shape index (κ1) is 13.4. The monoisotopic (exact) mass is 206 g/mol. The fraction of sp³-hybridized carbons (Fsp3) is 0.333. The zero-order valence-corrected chi connectivity index (χ0v) is 7.28. The Bertz CT molecular complexity index is 292. The van der Waals surface area contributed by atoms with Crippen LogP contribution >= 0.6 is 0 Å². The first-order valence-corrected chi connectivity index (χ1v) is 4.02. The van der Waals surface area contributed by atoms with E-state index in [1.165, 1.54) is 12.3 Å². The molecule has 1 rings (SSSR count). The Balaban J connectivity index is 0.00000169. The van der Waals surface area contributed by atoms with Crippen LogP contribution in [0.4, 0.5) is 0 Å². The van der Waals surface area contributed by atoms with Crippen molar-refractivity contribution in [2.75, 3.05) is 0 Å². The maximum atomic E-state index is 11.1. The van der Waals surface area contributed by atoms with Crippen molar-refractivity contribution in [1.82, 2.24) is 0 Å². The van der Waals surface area contributed by atoms with Crippen LogP contribution in [0.1, 0.15) is 30.3 Å². The Morgan fingerprint density at radius 1 is 1.50 bits per heavy atom. The first-order chi connectivity index (χ1) is 6.24. The molecule has 0 bridgehead atoms. The van der Waals surface area contributed by atoms with Crippen LogP contribution in [0.3, 0.4) is 0 Å². The summed E-state index contributed by atoms with van der Waals surface area (Å²) in [5.41, 5.74) is 0. The molecule has 4 nitrogen and oxygen atoms in total. The summed E-state index contributed by atoms with van der Waals surface area (Å²) < 4.78 is 9.21. The van der Waals surface area contributed by atoms with Crippen molar-refractivity contribution in [1.29, 1.82) is 0 Å².